The number of nitrogens with zero attached hydrogens (tertiary/aromatic N) is 1. The highest BCUT2D eigenvalue weighted by atomic mass is 79.9. The van der Waals surface area contributed by atoms with Crippen LogP contribution >= 0.6 is 0 Å². The first-order valence-corrected chi connectivity index (χ1v) is 8.21. The average molecular weight is 362 g/mol. The van der Waals surface area contributed by atoms with Crippen molar-refractivity contribution in [3.63, 3.8) is 0 Å². The summed E-state index contributed by atoms with van der Waals surface area (Å²) in [6, 6.07) is 21.9. The second-order valence-corrected chi connectivity index (χ2v) is 6.08. The maximum atomic E-state index is 2.30. The Morgan fingerprint density at radius 1 is 0.636 bits per heavy atom. The minimum Gasteiger partial charge on any atom is -1.00 e. The van der Waals surface area contributed by atoms with Gasteiger partial charge in [0.15, 0.2) is 0 Å². The molecule has 2 heteroatoms. The van der Waals surface area contributed by atoms with Crippen LogP contribution in [-0.4, -0.2) is 17.6 Å². The van der Waals surface area contributed by atoms with Gasteiger partial charge in [-0.25, -0.2) is 0 Å². The molecule has 2 aromatic carbocycles. The lowest BCUT2D eigenvalue weighted by Gasteiger charge is -2.39. The van der Waals surface area contributed by atoms with Gasteiger partial charge in [0.2, 0.25) is 0 Å². The largest absolute Gasteiger partial charge is 1.00 e. The molecule has 0 heterocycles. The van der Waals surface area contributed by atoms with Crippen LogP contribution in [0.3, 0.4) is 0 Å². The molecular formula is C20H28BrN. The molecule has 120 valence electrons. The predicted octanol–water partition coefficient (Wildman–Crippen LogP) is 2.03. The summed E-state index contributed by atoms with van der Waals surface area (Å²) in [5, 5.41) is 0. The van der Waals surface area contributed by atoms with E-state index in [9.17, 15) is 0 Å². The lowest BCUT2D eigenvalue weighted by Crippen LogP contribution is -3.00. The molecule has 0 spiro atoms. The van der Waals surface area contributed by atoms with Gasteiger partial charge in [-0.1, -0.05) is 74.5 Å². The van der Waals surface area contributed by atoms with E-state index in [2.05, 4.69) is 74.5 Å². The first kappa shape index (κ1) is 18.9. The van der Waals surface area contributed by atoms with Crippen molar-refractivity contribution < 1.29 is 21.5 Å². The second-order valence-electron chi connectivity index (χ2n) is 6.08. The van der Waals surface area contributed by atoms with Gasteiger partial charge >= 0.3 is 0 Å². The maximum absolute atomic E-state index is 2.30. The third-order valence-electron chi connectivity index (χ3n) is 4.12. The fourth-order valence-corrected chi connectivity index (χ4v) is 3.37. The second kappa shape index (κ2) is 9.81. The molecule has 1 nitrogen and oxygen atoms in total. The molecule has 0 unspecified atom stereocenters. The molecule has 0 aliphatic carbocycles. The minimum atomic E-state index is 0. The van der Waals surface area contributed by atoms with Crippen LogP contribution in [0.1, 0.15) is 37.8 Å². The van der Waals surface area contributed by atoms with Crippen molar-refractivity contribution in [1.82, 2.24) is 0 Å². The Morgan fingerprint density at radius 3 is 1.32 bits per heavy atom. The van der Waals surface area contributed by atoms with Gasteiger partial charge in [-0.15, -0.1) is 0 Å². The summed E-state index contributed by atoms with van der Waals surface area (Å²) in [6.45, 7) is 9.38. The van der Waals surface area contributed by atoms with Gasteiger partial charge in [0.05, 0.1) is 13.1 Å². The van der Waals surface area contributed by atoms with Crippen molar-refractivity contribution in [2.24, 2.45) is 0 Å². The molecule has 0 aromatic heterocycles. The Hall–Kier alpha value is -1.12. The Balaban J connectivity index is 0.00000242. The van der Waals surface area contributed by atoms with Crippen molar-refractivity contribution in [3.05, 3.63) is 71.8 Å². The number of benzene rings is 2. The minimum absolute atomic E-state index is 0. The summed E-state index contributed by atoms with van der Waals surface area (Å²) in [5.41, 5.74) is 2.91. The van der Waals surface area contributed by atoms with Crippen LogP contribution < -0.4 is 17.0 Å². The maximum Gasteiger partial charge on any atom is 0.105 e. The van der Waals surface area contributed by atoms with Crippen LogP contribution in [-0.2, 0) is 13.1 Å². The third kappa shape index (κ3) is 5.58. The van der Waals surface area contributed by atoms with Gasteiger partial charge in [0, 0.05) is 11.1 Å². The van der Waals surface area contributed by atoms with E-state index in [1.807, 2.05) is 0 Å². The fourth-order valence-electron chi connectivity index (χ4n) is 3.37. The molecule has 0 bridgehead atoms. The number of rotatable bonds is 8. The lowest BCUT2D eigenvalue weighted by molar-refractivity contribution is -0.953. The zero-order valence-corrected chi connectivity index (χ0v) is 15.4. The highest BCUT2D eigenvalue weighted by Crippen LogP contribution is 2.21. The van der Waals surface area contributed by atoms with E-state index in [4.69, 9.17) is 0 Å². The zero-order chi connectivity index (χ0) is 15.0. The predicted molar refractivity (Wildman–Crippen MR) is 90.9 cm³/mol. The molecule has 2 aromatic rings. The van der Waals surface area contributed by atoms with Gasteiger partial charge in [-0.2, -0.15) is 0 Å². The Labute approximate surface area is 146 Å². The van der Waals surface area contributed by atoms with Crippen molar-refractivity contribution in [2.45, 2.75) is 39.8 Å². The van der Waals surface area contributed by atoms with Gasteiger partial charge in [0.25, 0.3) is 0 Å². The summed E-state index contributed by atoms with van der Waals surface area (Å²) in [4.78, 5) is 0. The fraction of sp³-hybridized carbons (Fsp3) is 0.400. The van der Waals surface area contributed by atoms with Crippen molar-refractivity contribution in [1.29, 1.82) is 0 Å². The van der Waals surface area contributed by atoms with Crippen LogP contribution in [0.2, 0.25) is 0 Å². The topological polar surface area (TPSA) is 0 Å². The lowest BCUT2D eigenvalue weighted by atomic mass is 10.1. The van der Waals surface area contributed by atoms with Crippen LogP contribution in [0.5, 0.6) is 0 Å². The summed E-state index contributed by atoms with van der Waals surface area (Å²) in [6.07, 6.45) is 2.47. The van der Waals surface area contributed by atoms with E-state index in [-0.39, 0.29) is 17.0 Å². The molecule has 2 rings (SSSR count). The molecule has 0 saturated heterocycles. The SMILES string of the molecule is CCC[N+](CCC)(Cc1ccccc1)Cc1ccccc1.[Br-]. The van der Waals surface area contributed by atoms with Crippen molar-refractivity contribution in [2.75, 3.05) is 13.1 Å². The number of quaternary nitrogens is 1. The normalized spacial score (nSPS) is 11.0. The summed E-state index contributed by atoms with van der Waals surface area (Å²) < 4.78 is 1.17. The van der Waals surface area contributed by atoms with Crippen LogP contribution in [0.4, 0.5) is 0 Å². The highest BCUT2D eigenvalue weighted by molar-refractivity contribution is 5.15. The van der Waals surface area contributed by atoms with Crippen LogP contribution in [0, 0.1) is 0 Å². The molecule has 0 fully saturated rings. The molecule has 0 aliphatic heterocycles. The Morgan fingerprint density at radius 2 is 1.00 bits per heavy atom. The monoisotopic (exact) mass is 361 g/mol. The van der Waals surface area contributed by atoms with Gasteiger partial charge in [-0.05, 0) is 12.8 Å². The molecule has 22 heavy (non-hydrogen) atoms. The van der Waals surface area contributed by atoms with Crippen molar-refractivity contribution >= 4 is 0 Å². The molecule has 0 aliphatic rings. The van der Waals surface area contributed by atoms with E-state index >= 15 is 0 Å². The number of hydrogen-bond donors (Lipinski definition) is 0. The summed E-state index contributed by atoms with van der Waals surface area (Å²) in [7, 11) is 0. The molecular weight excluding hydrogens is 334 g/mol. The van der Waals surface area contributed by atoms with Gasteiger partial charge < -0.3 is 21.5 Å². The molecule has 0 saturated carbocycles. The highest BCUT2D eigenvalue weighted by Gasteiger charge is 2.26. The standard InChI is InChI=1S/C20H28N.BrH/c1-3-15-21(16-4-2,17-19-11-7-5-8-12-19)18-20-13-9-6-10-14-20;/h5-14H,3-4,15-18H2,1-2H3;1H/q+1;/p-1. The van der Waals surface area contributed by atoms with Crippen LogP contribution in [0.15, 0.2) is 60.7 Å². The third-order valence-corrected chi connectivity index (χ3v) is 4.12. The summed E-state index contributed by atoms with van der Waals surface area (Å²) >= 11 is 0. The zero-order valence-electron chi connectivity index (χ0n) is 13.8. The smallest absolute Gasteiger partial charge is 0.105 e. The average Bonchev–Trinajstić information content (AvgIpc) is 2.50. The van der Waals surface area contributed by atoms with Gasteiger partial charge in [0.1, 0.15) is 13.1 Å². The van der Waals surface area contributed by atoms with Gasteiger partial charge in [-0.3, -0.25) is 0 Å². The quantitative estimate of drug-likeness (QED) is 0.631. The summed E-state index contributed by atoms with van der Waals surface area (Å²) in [5.74, 6) is 0. The van der Waals surface area contributed by atoms with E-state index in [1.54, 1.807) is 0 Å². The first-order chi connectivity index (χ1) is 10.3. The van der Waals surface area contributed by atoms with E-state index in [1.165, 1.54) is 41.5 Å². The van der Waals surface area contributed by atoms with Crippen LogP contribution in [0.25, 0.3) is 0 Å². The first-order valence-electron chi connectivity index (χ1n) is 8.21. The number of hydrogen-bond acceptors (Lipinski definition) is 0. The van der Waals surface area contributed by atoms with E-state index < -0.39 is 0 Å². The number of halogens is 1. The molecule has 0 N–H and O–H groups in total. The van der Waals surface area contributed by atoms with E-state index in [0.717, 1.165) is 13.1 Å². The van der Waals surface area contributed by atoms with Crippen molar-refractivity contribution in [3.8, 4) is 0 Å². The van der Waals surface area contributed by atoms with E-state index in [0.29, 0.717) is 0 Å². The molecule has 0 amide bonds. The Bertz CT molecular complexity index is 460. The molecule has 0 atom stereocenters. The Kier molecular flexibility index (Phi) is 8.44. The molecule has 0 radical (unpaired) electrons.